The number of rotatable bonds is 0. The van der Waals surface area contributed by atoms with E-state index >= 15 is 0 Å². The lowest BCUT2D eigenvalue weighted by molar-refractivity contribution is 0.197. The Kier molecular flexibility index (Phi) is 1.77. The van der Waals surface area contributed by atoms with E-state index in [1.165, 1.54) is 18.3 Å². The van der Waals surface area contributed by atoms with Crippen LogP contribution in [0.15, 0.2) is 24.4 Å². The summed E-state index contributed by atoms with van der Waals surface area (Å²) in [6.07, 6.45) is 0.356. The lowest BCUT2D eigenvalue weighted by Crippen LogP contribution is -2.06. The Morgan fingerprint density at radius 3 is 2.86 bits per heavy atom. The third-order valence-corrected chi connectivity index (χ3v) is 2.14. The topological polar surface area (TPSA) is 42.2 Å². The molecule has 1 N–H and O–H groups in total. The predicted octanol–water partition coefficient (Wildman–Crippen LogP) is 2.61. The average molecular weight is 193 g/mol. The minimum absolute atomic E-state index is 0.349. The van der Waals surface area contributed by atoms with Gasteiger partial charge >= 0.3 is 6.09 Å². The largest absolute Gasteiger partial charge is 0.464 e. The van der Waals surface area contributed by atoms with Crippen molar-refractivity contribution in [2.24, 2.45) is 0 Å². The summed E-state index contributed by atoms with van der Waals surface area (Å²) in [5.74, 6) is -0.349. The van der Waals surface area contributed by atoms with E-state index in [2.05, 4.69) is 0 Å². The molecular weight excluding hydrogens is 185 g/mol. The number of nitrogens with zero attached hydrogens (tertiary/aromatic N) is 1. The third kappa shape index (κ3) is 1.16. The molecule has 0 aliphatic carbocycles. The van der Waals surface area contributed by atoms with Gasteiger partial charge in [-0.05, 0) is 30.7 Å². The van der Waals surface area contributed by atoms with Gasteiger partial charge in [-0.25, -0.2) is 9.18 Å². The van der Waals surface area contributed by atoms with Crippen LogP contribution in [0, 0.1) is 12.7 Å². The zero-order valence-corrected chi connectivity index (χ0v) is 7.49. The fourth-order valence-electron chi connectivity index (χ4n) is 1.61. The van der Waals surface area contributed by atoms with Gasteiger partial charge in [0.15, 0.2) is 0 Å². The van der Waals surface area contributed by atoms with E-state index in [-0.39, 0.29) is 5.82 Å². The molecule has 4 heteroatoms. The second kappa shape index (κ2) is 2.83. The van der Waals surface area contributed by atoms with Crippen LogP contribution in [0.25, 0.3) is 10.9 Å². The highest BCUT2D eigenvalue weighted by atomic mass is 19.1. The second-order valence-electron chi connectivity index (χ2n) is 3.13. The maximum atomic E-state index is 13.0. The van der Waals surface area contributed by atoms with Crippen LogP contribution in [0.2, 0.25) is 0 Å². The van der Waals surface area contributed by atoms with Crippen LogP contribution < -0.4 is 0 Å². The highest BCUT2D eigenvalue weighted by molar-refractivity contribution is 5.90. The SMILES string of the molecule is Cc1cc(F)cc2ccn(C(=O)O)c12. The molecule has 3 nitrogen and oxygen atoms in total. The molecule has 14 heavy (non-hydrogen) atoms. The van der Waals surface area contributed by atoms with Crippen molar-refractivity contribution in [2.45, 2.75) is 6.92 Å². The molecule has 0 unspecified atom stereocenters. The number of carboxylic acid groups (broad SMARTS) is 1. The quantitative estimate of drug-likeness (QED) is 0.698. The summed E-state index contributed by atoms with van der Waals surface area (Å²) in [6, 6.07) is 4.23. The van der Waals surface area contributed by atoms with Gasteiger partial charge in [-0.3, -0.25) is 4.57 Å². The van der Waals surface area contributed by atoms with Crippen molar-refractivity contribution in [3.05, 3.63) is 35.8 Å². The smallest absolute Gasteiger partial charge is 0.416 e. The summed E-state index contributed by atoms with van der Waals surface area (Å²) in [4.78, 5) is 10.8. The Morgan fingerprint density at radius 1 is 1.50 bits per heavy atom. The van der Waals surface area contributed by atoms with Crippen LogP contribution in [0.3, 0.4) is 0 Å². The first-order chi connectivity index (χ1) is 6.59. The maximum Gasteiger partial charge on any atom is 0.416 e. The molecule has 1 aromatic heterocycles. The van der Waals surface area contributed by atoms with Crippen molar-refractivity contribution in [3.8, 4) is 0 Å². The summed E-state index contributed by atoms with van der Waals surface area (Å²) < 4.78 is 14.0. The van der Waals surface area contributed by atoms with Crippen molar-refractivity contribution < 1.29 is 14.3 Å². The first-order valence-electron chi connectivity index (χ1n) is 4.10. The third-order valence-electron chi connectivity index (χ3n) is 2.14. The van der Waals surface area contributed by atoms with Gasteiger partial charge in [0.1, 0.15) is 5.82 Å². The van der Waals surface area contributed by atoms with Crippen LogP contribution in [-0.4, -0.2) is 15.8 Å². The molecule has 1 aromatic carbocycles. The number of benzene rings is 1. The number of halogens is 1. The molecule has 0 saturated carbocycles. The number of fused-ring (bicyclic) bond motifs is 1. The fraction of sp³-hybridized carbons (Fsp3) is 0.100. The number of aryl methyl sites for hydroxylation is 1. The van der Waals surface area contributed by atoms with Crippen LogP contribution in [0.4, 0.5) is 9.18 Å². The molecular formula is C10H8FNO2. The zero-order chi connectivity index (χ0) is 10.3. The molecule has 0 spiro atoms. The Labute approximate surface area is 79.4 Å². The summed E-state index contributed by atoms with van der Waals surface area (Å²) in [7, 11) is 0. The number of hydrogen-bond donors (Lipinski definition) is 1. The first-order valence-corrected chi connectivity index (χ1v) is 4.10. The molecule has 2 aromatic rings. The highest BCUT2D eigenvalue weighted by Gasteiger charge is 2.09. The van der Waals surface area contributed by atoms with E-state index in [1.807, 2.05) is 0 Å². The monoisotopic (exact) mass is 193 g/mol. The Balaban J connectivity index is 2.85. The van der Waals surface area contributed by atoms with Crippen molar-refractivity contribution in [2.75, 3.05) is 0 Å². The van der Waals surface area contributed by atoms with E-state index < -0.39 is 6.09 Å². The standard InChI is InChI=1S/C10H8FNO2/c1-6-4-8(11)5-7-2-3-12(9(6)7)10(13)14/h2-5H,1H3,(H,13,14). The molecule has 1 heterocycles. The molecule has 0 saturated heterocycles. The van der Waals surface area contributed by atoms with Gasteiger partial charge < -0.3 is 5.11 Å². The molecule has 2 rings (SSSR count). The summed E-state index contributed by atoms with van der Waals surface area (Å²) in [5, 5.41) is 9.44. The molecule has 0 atom stereocenters. The minimum atomic E-state index is -1.06. The minimum Gasteiger partial charge on any atom is -0.464 e. The maximum absolute atomic E-state index is 13.0. The molecule has 72 valence electrons. The van der Waals surface area contributed by atoms with Gasteiger partial charge in [0.2, 0.25) is 0 Å². The molecule has 0 amide bonds. The molecule has 0 aliphatic rings. The normalized spacial score (nSPS) is 10.7. The summed E-state index contributed by atoms with van der Waals surface area (Å²) in [6.45, 7) is 1.69. The number of hydrogen-bond acceptors (Lipinski definition) is 1. The average Bonchev–Trinajstić information content (AvgIpc) is 2.47. The Hall–Kier alpha value is -1.84. The van der Waals surface area contributed by atoms with Gasteiger partial charge in [0, 0.05) is 11.6 Å². The summed E-state index contributed by atoms with van der Waals surface area (Å²) in [5.41, 5.74) is 1.16. The van der Waals surface area contributed by atoms with Gasteiger partial charge in [0.05, 0.1) is 5.52 Å². The van der Waals surface area contributed by atoms with Gasteiger partial charge in [-0.2, -0.15) is 0 Å². The predicted molar refractivity (Wildman–Crippen MR) is 50.1 cm³/mol. The van der Waals surface area contributed by atoms with Crippen LogP contribution in [-0.2, 0) is 0 Å². The highest BCUT2D eigenvalue weighted by Crippen LogP contribution is 2.21. The molecule has 0 radical (unpaired) electrons. The van der Waals surface area contributed by atoms with Crippen molar-refractivity contribution in [1.82, 2.24) is 4.57 Å². The second-order valence-corrected chi connectivity index (χ2v) is 3.13. The van der Waals surface area contributed by atoms with Gasteiger partial charge in [-0.15, -0.1) is 0 Å². The molecule has 0 fully saturated rings. The van der Waals surface area contributed by atoms with Gasteiger partial charge in [-0.1, -0.05) is 0 Å². The van der Waals surface area contributed by atoms with Crippen molar-refractivity contribution in [3.63, 3.8) is 0 Å². The molecule has 0 aliphatic heterocycles. The lowest BCUT2D eigenvalue weighted by Gasteiger charge is -2.01. The van der Waals surface area contributed by atoms with E-state index in [0.29, 0.717) is 16.5 Å². The number of carbonyl (C=O) groups is 1. The van der Waals surface area contributed by atoms with Crippen molar-refractivity contribution >= 4 is 17.0 Å². The van der Waals surface area contributed by atoms with E-state index in [9.17, 15) is 9.18 Å². The van der Waals surface area contributed by atoms with Crippen molar-refractivity contribution in [1.29, 1.82) is 0 Å². The zero-order valence-electron chi connectivity index (χ0n) is 7.49. The van der Waals surface area contributed by atoms with Crippen LogP contribution >= 0.6 is 0 Å². The first kappa shape index (κ1) is 8.74. The van der Waals surface area contributed by atoms with E-state index in [4.69, 9.17) is 5.11 Å². The van der Waals surface area contributed by atoms with Crippen LogP contribution in [0.5, 0.6) is 0 Å². The Morgan fingerprint density at radius 2 is 2.21 bits per heavy atom. The molecule has 0 bridgehead atoms. The Bertz CT molecular complexity index is 516. The summed E-state index contributed by atoms with van der Waals surface area (Å²) >= 11 is 0. The fourth-order valence-corrected chi connectivity index (χ4v) is 1.61. The number of aromatic nitrogens is 1. The van der Waals surface area contributed by atoms with E-state index in [0.717, 1.165) is 4.57 Å². The van der Waals surface area contributed by atoms with E-state index in [1.54, 1.807) is 13.0 Å². The van der Waals surface area contributed by atoms with Gasteiger partial charge in [0.25, 0.3) is 0 Å². The lowest BCUT2D eigenvalue weighted by atomic mass is 10.1. The van der Waals surface area contributed by atoms with Crippen LogP contribution in [0.1, 0.15) is 5.56 Å².